The summed E-state index contributed by atoms with van der Waals surface area (Å²) < 4.78 is 14.2. The van der Waals surface area contributed by atoms with Crippen LogP contribution in [0.25, 0.3) is 43.6 Å². The molecule has 69 heavy (non-hydrogen) atoms. The SMILES string of the molecule is CCOC(=O)c1ccc(NC(=O)Nc2c[nH]c3cnccc23)cc1.CCOC(=O)c1ccc(OC#N)cc1.Nc1c[nH]c2cnccc12.O=[N+]([O-])c1c[nH]c2cnccc12.c1cc2cc[nH]c2cn1. The number of carbonyl (C=O) groups is 3. The molecule has 10 rings (SSSR count). The van der Waals surface area contributed by atoms with Crippen LogP contribution in [0.4, 0.5) is 27.5 Å². The van der Waals surface area contributed by atoms with Crippen LogP contribution < -0.4 is 21.1 Å². The third kappa shape index (κ3) is 13.5. The number of fused-ring (bicyclic) bond motifs is 4. The highest BCUT2D eigenvalue weighted by atomic mass is 16.6. The van der Waals surface area contributed by atoms with E-state index < -0.39 is 4.92 Å². The number of nitriles is 1. The number of aromatic nitrogens is 8. The second kappa shape index (κ2) is 24.3. The molecule has 8 aromatic heterocycles. The van der Waals surface area contributed by atoms with E-state index in [9.17, 15) is 24.5 Å². The summed E-state index contributed by atoms with van der Waals surface area (Å²) in [7, 11) is 0. The van der Waals surface area contributed by atoms with E-state index in [1.807, 2.05) is 36.7 Å². The highest BCUT2D eigenvalue weighted by Gasteiger charge is 2.13. The predicted molar refractivity (Wildman–Crippen MR) is 259 cm³/mol. The van der Waals surface area contributed by atoms with Gasteiger partial charge in [-0.05, 0) is 92.7 Å². The summed E-state index contributed by atoms with van der Waals surface area (Å²) in [5.41, 5.74) is 12.2. The van der Waals surface area contributed by atoms with Crippen molar-refractivity contribution in [1.29, 1.82) is 5.26 Å². The quantitative estimate of drug-likeness (QED) is 0.0323. The molecule has 8 N–H and O–H groups in total. The normalized spacial score (nSPS) is 10.0. The summed E-state index contributed by atoms with van der Waals surface area (Å²) in [4.78, 5) is 72.5. The molecular formula is C48H43N13O8. The van der Waals surface area contributed by atoms with Gasteiger partial charge >= 0.3 is 18.0 Å². The Morgan fingerprint density at radius 3 is 1.75 bits per heavy atom. The number of nitrogens with two attached hydrogens (primary N) is 1. The number of H-pyrrole nitrogens is 4. The maximum Gasteiger partial charge on any atom is 0.338 e. The van der Waals surface area contributed by atoms with Crippen molar-refractivity contribution in [3.63, 3.8) is 0 Å². The number of ether oxygens (including phenoxy) is 3. The number of nitrogen functional groups attached to an aromatic ring is 1. The molecule has 0 atom stereocenters. The van der Waals surface area contributed by atoms with Crippen LogP contribution in [-0.2, 0) is 9.47 Å². The molecule has 0 radical (unpaired) electrons. The van der Waals surface area contributed by atoms with Crippen LogP contribution >= 0.6 is 0 Å². The van der Waals surface area contributed by atoms with E-state index in [0.29, 0.717) is 52.4 Å². The molecule has 8 heterocycles. The van der Waals surface area contributed by atoms with Crippen molar-refractivity contribution in [1.82, 2.24) is 39.9 Å². The summed E-state index contributed by atoms with van der Waals surface area (Å²) in [6.45, 7) is 4.15. The first-order valence-electron chi connectivity index (χ1n) is 20.8. The third-order valence-corrected chi connectivity index (χ3v) is 9.44. The molecule has 2 amide bonds. The Labute approximate surface area is 391 Å². The molecule has 0 aliphatic rings. The summed E-state index contributed by atoms with van der Waals surface area (Å²) in [6.07, 6.45) is 21.8. The fourth-order valence-corrected chi connectivity index (χ4v) is 6.18. The Bertz CT molecular complexity index is 3290. The second-order valence-corrected chi connectivity index (χ2v) is 13.9. The molecule has 0 fully saturated rings. The molecule has 0 bridgehead atoms. The van der Waals surface area contributed by atoms with Gasteiger partial charge in [0.25, 0.3) is 11.9 Å². The van der Waals surface area contributed by atoms with Gasteiger partial charge in [0.1, 0.15) is 5.75 Å². The molecule has 21 nitrogen and oxygen atoms in total. The molecule has 0 unspecified atom stereocenters. The molecule has 0 saturated heterocycles. The Morgan fingerprint density at radius 2 is 1.17 bits per heavy atom. The number of aromatic amines is 4. The van der Waals surface area contributed by atoms with Gasteiger partial charge in [0, 0.05) is 65.2 Å². The molecule has 0 aliphatic heterocycles. The molecule has 2 aromatic carbocycles. The number of nitrogens with zero attached hydrogens (tertiary/aromatic N) is 6. The Morgan fingerprint density at radius 1 is 0.652 bits per heavy atom. The maximum atomic E-state index is 12.1. The lowest BCUT2D eigenvalue weighted by Gasteiger charge is -2.07. The van der Waals surface area contributed by atoms with Gasteiger partial charge in [-0.1, -0.05) is 0 Å². The number of nitrogens with one attached hydrogen (secondary N) is 6. The fraction of sp³-hybridized carbons (Fsp3) is 0.0833. The van der Waals surface area contributed by atoms with Crippen LogP contribution in [0, 0.1) is 21.6 Å². The van der Waals surface area contributed by atoms with Crippen LogP contribution in [0.1, 0.15) is 34.6 Å². The van der Waals surface area contributed by atoms with Gasteiger partial charge in [-0.15, -0.1) is 5.26 Å². The molecular weight excluding hydrogens is 887 g/mol. The van der Waals surface area contributed by atoms with E-state index in [4.69, 9.17) is 20.5 Å². The lowest BCUT2D eigenvalue weighted by Crippen LogP contribution is -2.19. The van der Waals surface area contributed by atoms with E-state index >= 15 is 0 Å². The highest BCUT2D eigenvalue weighted by Crippen LogP contribution is 2.24. The number of anilines is 3. The number of benzene rings is 2. The van der Waals surface area contributed by atoms with E-state index in [0.717, 1.165) is 33.0 Å². The van der Waals surface area contributed by atoms with Crippen LogP contribution in [0.5, 0.6) is 5.75 Å². The summed E-state index contributed by atoms with van der Waals surface area (Å²) in [5, 5.41) is 27.9. The number of hydrogen-bond donors (Lipinski definition) is 7. The minimum Gasteiger partial charge on any atom is -0.462 e. The summed E-state index contributed by atoms with van der Waals surface area (Å²) in [5.74, 6) is -0.363. The number of carbonyl (C=O) groups excluding carboxylic acids is 3. The first kappa shape index (κ1) is 48.4. The van der Waals surface area contributed by atoms with Crippen molar-refractivity contribution in [3.8, 4) is 12.0 Å². The molecule has 21 heteroatoms. The van der Waals surface area contributed by atoms with Gasteiger partial charge in [-0.3, -0.25) is 30.1 Å². The standard InChI is InChI=1S/C17H16N4O3.C10H9NO3.C7H5N3O2.C7H7N3.C7H6N2/c1-2-24-16(22)11-3-5-12(6-4-11)20-17(23)21-15-10-19-14-9-18-8-7-13(14)15;1-2-13-10(12)8-3-5-9(6-4-8)14-7-11;11-10(12)7-4-9-6-3-8-2-1-5(6)7;8-6-3-10-7-4-9-2-1-5(6)7;1-3-8-5-7-6(1)2-4-9-7/h3-10,19H,2H2,1H3,(H2,20,21,23);3-6H,2H2,1H3;1-4,9H;1-4,10H,8H2;1-5,9H. The monoisotopic (exact) mass is 929 g/mol. The van der Waals surface area contributed by atoms with Gasteiger partial charge in [-0.2, -0.15) is 0 Å². The molecule has 0 aliphatic carbocycles. The topological polar surface area (TPSA) is 311 Å². The smallest absolute Gasteiger partial charge is 0.338 e. The third-order valence-electron chi connectivity index (χ3n) is 9.44. The van der Waals surface area contributed by atoms with Gasteiger partial charge in [0.15, 0.2) is 0 Å². The number of nitro groups is 1. The second-order valence-electron chi connectivity index (χ2n) is 13.9. The van der Waals surface area contributed by atoms with Crippen LogP contribution in [0.15, 0.2) is 153 Å². The number of amides is 2. The van der Waals surface area contributed by atoms with Crippen molar-refractivity contribution >= 4 is 84.3 Å². The van der Waals surface area contributed by atoms with Crippen molar-refractivity contribution in [3.05, 3.63) is 174 Å². The van der Waals surface area contributed by atoms with E-state index in [2.05, 4.69) is 55.2 Å². The predicted octanol–water partition coefficient (Wildman–Crippen LogP) is 9.29. The molecule has 10 aromatic rings. The van der Waals surface area contributed by atoms with Crippen molar-refractivity contribution < 1.29 is 33.5 Å². The van der Waals surface area contributed by atoms with Gasteiger partial charge < -0.3 is 50.5 Å². The first-order valence-corrected chi connectivity index (χ1v) is 20.8. The number of rotatable bonds is 8. The number of urea groups is 1. The zero-order chi connectivity index (χ0) is 49.0. The van der Waals surface area contributed by atoms with Gasteiger partial charge in [0.2, 0.25) is 0 Å². The first-order chi connectivity index (χ1) is 33.6. The Hall–Kier alpha value is -10.1. The van der Waals surface area contributed by atoms with Crippen LogP contribution in [-0.4, -0.2) is 76.0 Å². The minimum absolute atomic E-state index is 0.0902. The minimum atomic E-state index is -0.418. The number of pyridine rings is 4. The van der Waals surface area contributed by atoms with Crippen molar-refractivity contribution in [2.75, 3.05) is 29.6 Å². The Kier molecular flexibility index (Phi) is 17.0. The lowest BCUT2D eigenvalue weighted by atomic mass is 10.2. The van der Waals surface area contributed by atoms with Gasteiger partial charge in [0.05, 0.1) is 99.1 Å². The maximum absolute atomic E-state index is 12.1. The average Bonchev–Trinajstić information content (AvgIpc) is 4.20. The highest BCUT2D eigenvalue weighted by molar-refractivity contribution is 6.06. The molecule has 0 saturated carbocycles. The lowest BCUT2D eigenvalue weighted by molar-refractivity contribution is -0.383. The van der Waals surface area contributed by atoms with Crippen LogP contribution in [0.3, 0.4) is 0 Å². The van der Waals surface area contributed by atoms with E-state index in [-0.39, 0.29) is 23.7 Å². The molecule has 348 valence electrons. The van der Waals surface area contributed by atoms with Crippen molar-refractivity contribution in [2.45, 2.75) is 13.8 Å². The van der Waals surface area contributed by atoms with Crippen LogP contribution in [0.2, 0.25) is 0 Å². The number of hydrogen-bond acceptors (Lipinski definition) is 14. The number of esters is 2. The zero-order valence-electron chi connectivity index (χ0n) is 36.9. The fourth-order valence-electron chi connectivity index (χ4n) is 6.18. The van der Waals surface area contributed by atoms with Crippen molar-refractivity contribution in [2.24, 2.45) is 0 Å². The summed E-state index contributed by atoms with van der Waals surface area (Å²) in [6, 6.07) is 21.6. The Balaban J connectivity index is 0.000000149. The average molecular weight is 930 g/mol. The van der Waals surface area contributed by atoms with E-state index in [1.165, 1.54) is 29.9 Å². The molecule has 0 spiro atoms. The zero-order valence-corrected chi connectivity index (χ0v) is 36.9. The summed E-state index contributed by atoms with van der Waals surface area (Å²) >= 11 is 0. The largest absolute Gasteiger partial charge is 0.462 e. The van der Waals surface area contributed by atoms with Gasteiger partial charge in [-0.25, -0.2) is 14.4 Å². The van der Waals surface area contributed by atoms with E-state index in [1.54, 1.807) is 112 Å².